The van der Waals surface area contributed by atoms with Gasteiger partial charge >= 0.3 is 0 Å². The highest BCUT2D eigenvalue weighted by molar-refractivity contribution is 5.97. The van der Waals surface area contributed by atoms with E-state index in [9.17, 15) is 4.79 Å². The van der Waals surface area contributed by atoms with Crippen LogP contribution in [0.4, 0.5) is 0 Å². The lowest BCUT2D eigenvalue weighted by Crippen LogP contribution is -2.46. The third kappa shape index (κ3) is 2.06. The molecule has 2 atom stereocenters. The fourth-order valence-electron chi connectivity index (χ4n) is 3.79. The summed E-state index contributed by atoms with van der Waals surface area (Å²) < 4.78 is 0. The van der Waals surface area contributed by atoms with E-state index in [0.29, 0.717) is 12.0 Å². The third-order valence-electron chi connectivity index (χ3n) is 4.79. The number of hydrogen-bond donors (Lipinski definition) is 1. The van der Waals surface area contributed by atoms with Crippen molar-refractivity contribution in [2.24, 2.45) is 5.92 Å². The van der Waals surface area contributed by atoms with Gasteiger partial charge in [0.25, 0.3) is 5.91 Å². The molecular weight excluding hydrogens is 262 g/mol. The fraction of sp³-hybridized carbons (Fsp3) is 0.412. The summed E-state index contributed by atoms with van der Waals surface area (Å²) in [6, 6.07) is 6.09. The van der Waals surface area contributed by atoms with Gasteiger partial charge in [-0.3, -0.25) is 4.79 Å². The topological polar surface area (TPSA) is 49.0 Å². The van der Waals surface area contributed by atoms with Crippen LogP contribution in [0.2, 0.25) is 0 Å². The molecule has 1 aliphatic carbocycles. The minimum Gasteiger partial charge on any atom is -0.345 e. The predicted octanol–water partition coefficient (Wildman–Crippen LogP) is 3.38. The first kappa shape index (κ1) is 12.6. The summed E-state index contributed by atoms with van der Waals surface area (Å²) in [6.45, 7) is 3.06. The molecule has 0 spiro atoms. The fourth-order valence-corrected chi connectivity index (χ4v) is 3.79. The lowest BCUT2D eigenvalue weighted by molar-refractivity contribution is 0.0569. The molecule has 4 nitrogen and oxygen atoms in total. The number of aromatic amines is 1. The SMILES string of the molecule is CC1=C[C@H]2CCCN(C(=O)c3ccc4nc[nH]c4c3)[C@H]2C1.[HH]. The summed E-state index contributed by atoms with van der Waals surface area (Å²) >= 11 is 0. The highest BCUT2D eigenvalue weighted by Crippen LogP contribution is 2.36. The van der Waals surface area contributed by atoms with Crippen LogP contribution >= 0.6 is 0 Å². The standard InChI is InChI=1S/C17H19N3O.H2/c1-11-7-12-3-2-6-20(16(12)8-11)17(21)13-4-5-14-15(9-13)19-10-18-14;/h4-5,7,9-10,12,16H,2-3,6,8H2,1H3,(H,18,19);1H/t12-,16+;/m1./s1. The van der Waals surface area contributed by atoms with Gasteiger partial charge in [0.05, 0.1) is 17.4 Å². The number of carbonyl (C=O) groups is 1. The zero-order chi connectivity index (χ0) is 14.4. The van der Waals surface area contributed by atoms with E-state index in [-0.39, 0.29) is 7.33 Å². The molecule has 1 saturated heterocycles. The molecule has 110 valence electrons. The summed E-state index contributed by atoms with van der Waals surface area (Å²) in [7, 11) is 0. The van der Waals surface area contributed by atoms with E-state index < -0.39 is 0 Å². The van der Waals surface area contributed by atoms with Crippen LogP contribution in [0.3, 0.4) is 0 Å². The molecule has 4 heteroatoms. The average Bonchev–Trinajstić information content (AvgIpc) is 3.09. The summed E-state index contributed by atoms with van der Waals surface area (Å²) in [5.74, 6) is 0.711. The number of piperidine rings is 1. The number of H-pyrrole nitrogens is 1. The Labute approximate surface area is 125 Å². The Morgan fingerprint density at radius 2 is 2.38 bits per heavy atom. The molecule has 2 aromatic rings. The molecule has 21 heavy (non-hydrogen) atoms. The highest BCUT2D eigenvalue weighted by atomic mass is 16.2. The second-order valence-corrected chi connectivity index (χ2v) is 6.22. The van der Waals surface area contributed by atoms with Gasteiger partial charge in [-0.1, -0.05) is 11.6 Å². The van der Waals surface area contributed by atoms with Gasteiger partial charge < -0.3 is 9.88 Å². The number of nitrogens with one attached hydrogen (secondary N) is 1. The Morgan fingerprint density at radius 3 is 3.29 bits per heavy atom. The van der Waals surface area contributed by atoms with Gasteiger partial charge in [-0.2, -0.15) is 0 Å². The van der Waals surface area contributed by atoms with Crippen LogP contribution < -0.4 is 0 Å². The lowest BCUT2D eigenvalue weighted by Gasteiger charge is -2.37. The number of rotatable bonds is 1. The van der Waals surface area contributed by atoms with E-state index in [2.05, 4.69) is 27.9 Å². The molecule has 0 unspecified atom stereocenters. The Morgan fingerprint density at radius 1 is 1.48 bits per heavy atom. The first-order valence-electron chi connectivity index (χ1n) is 7.64. The van der Waals surface area contributed by atoms with Gasteiger partial charge in [0.15, 0.2) is 0 Å². The number of aromatic nitrogens is 2. The van der Waals surface area contributed by atoms with Gasteiger partial charge in [0, 0.05) is 19.6 Å². The first-order chi connectivity index (χ1) is 10.2. The van der Waals surface area contributed by atoms with Gasteiger partial charge in [-0.25, -0.2) is 4.98 Å². The molecule has 0 bridgehead atoms. The van der Waals surface area contributed by atoms with Crippen LogP contribution in [0.5, 0.6) is 0 Å². The highest BCUT2D eigenvalue weighted by Gasteiger charge is 2.36. The predicted molar refractivity (Wildman–Crippen MR) is 84.1 cm³/mol. The maximum absolute atomic E-state index is 12.9. The zero-order valence-corrected chi connectivity index (χ0v) is 12.2. The number of fused-ring (bicyclic) bond motifs is 2. The largest absolute Gasteiger partial charge is 0.345 e. The summed E-state index contributed by atoms with van der Waals surface area (Å²) in [5.41, 5.74) is 4.02. The van der Waals surface area contributed by atoms with E-state index >= 15 is 0 Å². The molecule has 1 N–H and O–H groups in total. The number of benzene rings is 1. The normalized spacial score (nSPS) is 25.0. The number of imidazole rings is 1. The lowest BCUT2D eigenvalue weighted by atomic mass is 9.91. The Hall–Kier alpha value is -2.10. The monoisotopic (exact) mass is 283 g/mol. The maximum atomic E-state index is 12.9. The quantitative estimate of drug-likeness (QED) is 0.816. The molecule has 0 radical (unpaired) electrons. The van der Waals surface area contributed by atoms with Crippen LogP contribution in [0.25, 0.3) is 11.0 Å². The van der Waals surface area contributed by atoms with Crippen molar-refractivity contribution in [3.05, 3.63) is 41.7 Å². The van der Waals surface area contributed by atoms with Gasteiger partial charge in [0.1, 0.15) is 0 Å². The molecule has 2 heterocycles. The van der Waals surface area contributed by atoms with Crippen LogP contribution in [0.1, 0.15) is 38.0 Å². The molecule has 0 saturated carbocycles. The zero-order valence-electron chi connectivity index (χ0n) is 12.2. The van der Waals surface area contributed by atoms with Crippen molar-refractivity contribution < 1.29 is 6.22 Å². The van der Waals surface area contributed by atoms with E-state index in [1.165, 1.54) is 12.0 Å². The van der Waals surface area contributed by atoms with Crippen molar-refractivity contribution in [3.63, 3.8) is 0 Å². The molecule has 4 rings (SSSR count). The van der Waals surface area contributed by atoms with E-state index in [4.69, 9.17) is 0 Å². The second-order valence-electron chi connectivity index (χ2n) is 6.22. The average molecular weight is 283 g/mol. The van der Waals surface area contributed by atoms with E-state index in [1.807, 2.05) is 18.2 Å². The number of hydrogen-bond acceptors (Lipinski definition) is 2. The minimum absolute atomic E-state index is 0. The summed E-state index contributed by atoms with van der Waals surface area (Å²) in [4.78, 5) is 22.3. The Balaban J connectivity index is 0.00000144. The van der Waals surface area contributed by atoms with E-state index in [0.717, 1.165) is 36.0 Å². The first-order valence-corrected chi connectivity index (χ1v) is 7.64. The summed E-state index contributed by atoms with van der Waals surface area (Å²) in [6.07, 6.45) is 7.37. The van der Waals surface area contributed by atoms with Crippen molar-refractivity contribution in [2.45, 2.75) is 32.2 Å². The number of likely N-dealkylation sites (tertiary alicyclic amines) is 1. The van der Waals surface area contributed by atoms with E-state index in [1.54, 1.807) is 6.33 Å². The minimum atomic E-state index is 0. The van der Waals surface area contributed by atoms with Crippen LogP contribution in [-0.2, 0) is 0 Å². The molecule has 1 aromatic heterocycles. The van der Waals surface area contributed by atoms with Crippen molar-refractivity contribution in [1.29, 1.82) is 0 Å². The van der Waals surface area contributed by atoms with Crippen molar-refractivity contribution >= 4 is 16.9 Å². The van der Waals surface area contributed by atoms with Gasteiger partial charge in [-0.15, -0.1) is 0 Å². The van der Waals surface area contributed by atoms with Gasteiger partial charge in [0.2, 0.25) is 0 Å². The number of amides is 1. The molecule has 1 aliphatic heterocycles. The summed E-state index contributed by atoms with van der Waals surface area (Å²) in [5, 5.41) is 0. The van der Waals surface area contributed by atoms with Crippen LogP contribution in [0, 0.1) is 5.92 Å². The second kappa shape index (κ2) is 4.72. The number of carbonyl (C=O) groups excluding carboxylic acids is 1. The Kier molecular flexibility index (Phi) is 2.84. The van der Waals surface area contributed by atoms with Crippen molar-refractivity contribution in [2.75, 3.05) is 6.54 Å². The maximum Gasteiger partial charge on any atom is 0.254 e. The van der Waals surface area contributed by atoms with Crippen molar-refractivity contribution in [1.82, 2.24) is 14.9 Å². The van der Waals surface area contributed by atoms with Gasteiger partial charge in [-0.05, 0) is 50.3 Å². The van der Waals surface area contributed by atoms with Crippen LogP contribution in [0.15, 0.2) is 36.2 Å². The molecule has 1 amide bonds. The molecular formula is C17H21N3O. The molecule has 1 fully saturated rings. The number of nitrogens with zero attached hydrogens (tertiary/aromatic N) is 2. The smallest absolute Gasteiger partial charge is 0.254 e. The third-order valence-corrected chi connectivity index (χ3v) is 4.79. The Bertz CT molecular complexity index is 736. The molecule has 2 aliphatic rings. The molecule has 1 aromatic carbocycles. The van der Waals surface area contributed by atoms with Crippen LogP contribution in [-0.4, -0.2) is 33.4 Å². The van der Waals surface area contributed by atoms with Crippen molar-refractivity contribution in [3.8, 4) is 0 Å².